The fraction of sp³-hybridized carbons (Fsp3) is 0.182. The van der Waals surface area contributed by atoms with Crippen LogP contribution in [-0.2, 0) is 11.4 Å². The lowest BCUT2D eigenvalue weighted by Gasteiger charge is -2.24. The van der Waals surface area contributed by atoms with Gasteiger partial charge in [0.05, 0.1) is 28.6 Å². The largest absolute Gasteiger partial charge is 0.459 e. The first-order chi connectivity index (χ1) is 14.5. The lowest BCUT2D eigenvalue weighted by atomic mass is 10.0. The first-order valence-corrected chi connectivity index (χ1v) is 10.4. The Labute approximate surface area is 188 Å². The van der Waals surface area contributed by atoms with Crippen LogP contribution in [-0.4, -0.2) is 29.2 Å². The fourth-order valence-electron chi connectivity index (χ4n) is 3.25. The molecule has 30 heavy (non-hydrogen) atoms. The third kappa shape index (κ3) is 4.81. The SMILES string of the molecule is O=C(c1ccco1)N(Cc1cccc(Cl)c1)CC1CC(c2ccc(Cl)c(Cl)c2)=NO1. The van der Waals surface area contributed by atoms with Crippen LogP contribution in [0.4, 0.5) is 0 Å². The summed E-state index contributed by atoms with van der Waals surface area (Å²) in [6.07, 6.45) is 1.71. The summed E-state index contributed by atoms with van der Waals surface area (Å²) in [5.41, 5.74) is 2.50. The Kier molecular flexibility index (Phi) is 6.32. The van der Waals surface area contributed by atoms with Crippen molar-refractivity contribution in [2.75, 3.05) is 6.54 Å². The molecule has 8 heteroatoms. The van der Waals surface area contributed by atoms with Crippen molar-refractivity contribution < 1.29 is 14.0 Å². The Hall–Kier alpha value is -2.47. The molecule has 5 nitrogen and oxygen atoms in total. The highest BCUT2D eigenvalue weighted by Crippen LogP contribution is 2.26. The Morgan fingerprint density at radius 2 is 1.93 bits per heavy atom. The molecule has 4 rings (SSSR count). The molecule has 1 amide bonds. The van der Waals surface area contributed by atoms with Gasteiger partial charge in [-0.3, -0.25) is 4.79 Å². The van der Waals surface area contributed by atoms with Crippen LogP contribution in [0.25, 0.3) is 0 Å². The van der Waals surface area contributed by atoms with Gasteiger partial charge in [-0.05, 0) is 42.0 Å². The molecule has 1 atom stereocenters. The number of halogens is 3. The Balaban J connectivity index is 1.49. The van der Waals surface area contributed by atoms with Gasteiger partial charge < -0.3 is 14.2 Å². The van der Waals surface area contributed by atoms with Crippen LogP contribution < -0.4 is 0 Å². The number of carbonyl (C=O) groups excluding carboxylic acids is 1. The number of furan rings is 1. The van der Waals surface area contributed by atoms with E-state index in [-0.39, 0.29) is 17.8 Å². The zero-order valence-corrected chi connectivity index (χ0v) is 18.0. The maximum Gasteiger partial charge on any atom is 0.289 e. The number of hydrogen-bond acceptors (Lipinski definition) is 4. The van der Waals surface area contributed by atoms with Crippen molar-refractivity contribution >= 4 is 46.4 Å². The number of oxime groups is 1. The summed E-state index contributed by atoms with van der Waals surface area (Å²) in [7, 11) is 0. The number of amides is 1. The minimum atomic E-state index is -0.299. The molecule has 0 fully saturated rings. The topological polar surface area (TPSA) is 55.0 Å². The van der Waals surface area contributed by atoms with Crippen LogP contribution in [0.2, 0.25) is 15.1 Å². The number of carbonyl (C=O) groups is 1. The second-order valence-electron chi connectivity index (χ2n) is 6.89. The number of nitrogens with zero attached hydrogens (tertiary/aromatic N) is 2. The highest BCUT2D eigenvalue weighted by Gasteiger charge is 2.28. The van der Waals surface area contributed by atoms with E-state index >= 15 is 0 Å². The van der Waals surface area contributed by atoms with Crippen LogP contribution in [0.3, 0.4) is 0 Å². The standard InChI is InChI=1S/C22H17Cl3N2O3/c23-16-4-1-3-14(9-16)12-27(22(28)21-5-2-8-29-21)13-17-11-20(26-30-17)15-6-7-18(24)19(25)10-15/h1-10,17H,11-13H2. The minimum Gasteiger partial charge on any atom is -0.459 e. The predicted octanol–water partition coefficient (Wildman–Crippen LogP) is 6.08. The molecule has 0 bridgehead atoms. The Bertz CT molecular complexity index is 1080. The molecule has 1 unspecified atom stereocenters. The highest BCUT2D eigenvalue weighted by atomic mass is 35.5. The second-order valence-corrected chi connectivity index (χ2v) is 8.14. The fourth-order valence-corrected chi connectivity index (χ4v) is 3.76. The molecular weight excluding hydrogens is 447 g/mol. The highest BCUT2D eigenvalue weighted by molar-refractivity contribution is 6.42. The molecular formula is C22H17Cl3N2O3. The quantitative estimate of drug-likeness (QED) is 0.445. The molecule has 0 saturated carbocycles. The lowest BCUT2D eigenvalue weighted by molar-refractivity contribution is 0.0387. The molecule has 0 saturated heterocycles. The van der Waals surface area contributed by atoms with E-state index in [1.54, 1.807) is 35.2 Å². The molecule has 3 aromatic rings. The summed E-state index contributed by atoms with van der Waals surface area (Å²) in [4.78, 5) is 20.3. The average molecular weight is 464 g/mol. The van der Waals surface area contributed by atoms with Crippen molar-refractivity contribution in [2.45, 2.75) is 19.1 Å². The molecule has 1 aliphatic heterocycles. The first kappa shape index (κ1) is 20.8. The Morgan fingerprint density at radius 1 is 1.07 bits per heavy atom. The molecule has 0 spiro atoms. The summed E-state index contributed by atoms with van der Waals surface area (Å²) in [6, 6.07) is 16.0. The van der Waals surface area contributed by atoms with Gasteiger partial charge in [0.1, 0.15) is 0 Å². The van der Waals surface area contributed by atoms with Gasteiger partial charge in [-0.25, -0.2) is 0 Å². The molecule has 0 aliphatic carbocycles. The van der Waals surface area contributed by atoms with Crippen LogP contribution in [0.1, 0.15) is 28.1 Å². The van der Waals surface area contributed by atoms with Crippen molar-refractivity contribution in [1.82, 2.24) is 4.90 Å². The summed E-state index contributed by atoms with van der Waals surface area (Å²) in [5.74, 6) is 0.0345. The molecule has 1 aromatic heterocycles. The van der Waals surface area contributed by atoms with E-state index in [9.17, 15) is 4.79 Å². The van der Waals surface area contributed by atoms with E-state index in [0.717, 1.165) is 16.8 Å². The smallest absolute Gasteiger partial charge is 0.289 e. The van der Waals surface area contributed by atoms with Gasteiger partial charge in [-0.15, -0.1) is 0 Å². The normalized spacial score (nSPS) is 15.6. The summed E-state index contributed by atoms with van der Waals surface area (Å²) in [5, 5.41) is 5.73. The van der Waals surface area contributed by atoms with Crippen molar-refractivity contribution in [3.8, 4) is 0 Å². The van der Waals surface area contributed by atoms with E-state index in [2.05, 4.69) is 5.16 Å². The first-order valence-electron chi connectivity index (χ1n) is 9.25. The number of rotatable bonds is 6. The van der Waals surface area contributed by atoms with Crippen molar-refractivity contribution in [3.05, 3.63) is 92.8 Å². The van der Waals surface area contributed by atoms with E-state index in [1.165, 1.54) is 6.26 Å². The van der Waals surface area contributed by atoms with Crippen molar-refractivity contribution in [1.29, 1.82) is 0 Å². The maximum atomic E-state index is 13.0. The van der Waals surface area contributed by atoms with E-state index in [1.807, 2.05) is 24.3 Å². The lowest BCUT2D eigenvalue weighted by Crippen LogP contribution is -2.37. The van der Waals surface area contributed by atoms with Gasteiger partial charge in [0, 0.05) is 23.6 Å². The van der Waals surface area contributed by atoms with E-state index < -0.39 is 0 Å². The number of hydrogen-bond donors (Lipinski definition) is 0. The Morgan fingerprint density at radius 3 is 2.67 bits per heavy atom. The van der Waals surface area contributed by atoms with Gasteiger partial charge in [0.15, 0.2) is 11.9 Å². The molecule has 2 heterocycles. The van der Waals surface area contributed by atoms with Gasteiger partial charge in [-0.2, -0.15) is 0 Å². The van der Waals surface area contributed by atoms with Gasteiger partial charge >= 0.3 is 0 Å². The molecule has 0 radical (unpaired) electrons. The predicted molar refractivity (Wildman–Crippen MR) is 117 cm³/mol. The van der Waals surface area contributed by atoms with Gasteiger partial charge in [0.2, 0.25) is 0 Å². The third-order valence-electron chi connectivity index (χ3n) is 4.69. The molecule has 1 aliphatic rings. The molecule has 2 aromatic carbocycles. The second kappa shape index (κ2) is 9.13. The van der Waals surface area contributed by atoms with Crippen molar-refractivity contribution in [3.63, 3.8) is 0 Å². The minimum absolute atomic E-state index is 0.230. The molecule has 154 valence electrons. The number of benzene rings is 2. The van der Waals surface area contributed by atoms with Gasteiger partial charge in [0.25, 0.3) is 5.91 Å². The summed E-state index contributed by atoms with van der Waals surface area (Å²) >= 11 is 18.2. The van der Waals surface area contributed by atoms with Gasteiger partial charge in [-0.1, -0.05) is 58.2 Å². The van der Waals surface area contributed by atoms with Crippen LogP contribution in [0.15, 0.2) is 70.4 Å². The van der Waals surface area contributed by atoms with Crippen LogP contribution in [0, 0.1) is 0 Å². The molecule has 0 N–H and O–H groups in total. The van der Waals surface area contributed by atoms with E-state index in [0.29, 0.717) is 34.6 Å². The summed E-state index contributed by atoms with van der Waals surface area (Å²) in [6.45, 7) is 0.697. The van der Waals surface area contributed by atoms with Crippen molar-refractivity contribution in [2.24, 2.45) is 5.16 Å². The zero-order chi connectivity index (χ0) is 21.1. The maximum absolute atomic E-state index is 13.0. The zero-order valence-electron chi connectivity index (χ0n) is 15.7. The third-order valence-corrected chi connectivity index (χ3v) is 5.67. The van der Waals surface area contributed by atoms with E-state index in [4.69, 9.17) is 44.1 Å². The van der Waals surface area contributed by atoms with Crippen LogP contribution in [0.5, 0.6) is 0 Å². The monoisotopic (exact) mass is 462 g/mol. The van der Waals surface area contributed by atoms with Crippen LogP contribution >= 0.6 is 34.8 Å². The average Bonchev–Trinajstić information content (AvgIpc) is 3.41. The summed E-state index contributed by atoms with van der Waals surface area (Å²) < 4.78 is 5.30.